The van der Waals surface area contributed by atoms with Gasteiger partial charge < -0.3 is 10.2 Å². The Bertz CT molecular complexity index is 899. The van der Waals surface area contributed by atoms with E-state index in [1.165, 1.54) is 5.57 Å². The first-order chi connectivity index (χ1) is 14.1. The maximum Gasteiger partial charge on any atom is 0.228 e. The van der Waals surface area contributed by atoms with Gasteiger partial charge in [0.05, 0.1) is 11.1 Å². The SMILES string of the molecule is CC(C)=C[C@@H]1C/C(C)=C/CC/C(C)=C/CC/C(C)=C/CC2=C(O)C(=O)C1=C(O)C2=O. The highest BCUT2D eigenvalue weighted by Crippen LogP contribution is 2.33. The Morgan fingerprint density at radius 1 is 0.867 bits per heavy atom. The van der Waals surface area contributed by atoms with Crippen LogP contribution in [-0.2, 0) is 9.59 Å². The van der Waals surface area contributed by atoms with E-state index in [0.29, 0.717) is 6.42 Å². The summed E-state index contributed by atoms with van der Waals surface area (Å²) in [5.41, 5.74) is 4.46. The number of rotatable bonds is 1. The van der Waals surface area contributed by atoms with Crippen LogP contribution in [0.2, 0.25) is 0 Å². The molecule has 0 heterocycles. The Morgan fingerprint density at radius 2 is 1.43 bits per heavy atom. The highest BCUT2D eigenvalue weighted by atomic mass is 16.3. The van der Waals surface area contributed by atoms with Crippen molar-refractivity contribution < 1.29 is 19.8 Å². The van der Waals surface area contributed by atoms with E-state index in [0.717, 1.165) is 42.4 Å². The molecular formula is C26H34O4. The Labute approximate surface area is 180 Å². The van der Waals surface area contributed by atoms with Gasteiger partial charge in [0.15, 0.2) is 11.5 Å². The number of allylic oxidation sites excluding steroid dienone is 10. The summed E-state index contributed by atoms with van der Waals surface area (Å²) in [5.74, 6) is -2.83. The largest absolute Gasteiger partial charge is 0.504 e. The molecule has 2 N–H and O–H groups in total. The van der Waals surface area contributed by atoms with E-state index < -0.39 is 29.0 Å². The lowest BCUT2D eigenvalue weighted by atomic mass is 9.81. The average molecular weight is 411 g/mol. The van der Waals surface area contributed by atoms with Gasteiger partial charge >= 0.3 is 0 Å². The predicted molar refractivity (Wildman–Crippen MR) is 121 cm³/mol. The van der Waals surface area contributed by atoms with Crippen LogP contribution < -0.4 is 0 Å². The van der Waals surface area contributed by atoms with Crippen molar-refractivity contribution in [1.82, 2.24) is 0 Å². The Hall–Kier alpha value is -2.62. The molecule has 0 spiro atoms. The second kappa shape index (κ2) is 10.4. The zero-order chi connectivity index (χ0) is 22.4. The maximum atomic E-state index is 13.0. The highest BCUT2D eigenvalue weighted by molar-refractivity contribution is 6.23. The van der Waals surface area contributed by atoms with E-state index in [1.54, 1.807) is 0 Å². The molecule has 0 aromatic heterocycles. The van der Waals surface area contributed by atoms with Crippen molar-refractivity contribution in [3.05, 3.63) is 69.3 Å². The number of carbonyl (C=O) groups is 2. The first-order valence-corrected chi connectivity index (χ1v) is 10.7. The molecule has 30 heavy (non-hydrogen) atoms. The van der Waals surface area contributed by atoms with Gasteiger partial charge in [0.1, 0.15) is 0 Å². The quantitative estimate of drug-likeness (QED) is 0.380. The molecular weight excluding hydrogens is 376 g/mol. The van der Waals surface area contributed by atoms with Gasteiger partial charge in [-0.3, -0.25) is 9.59 Å². The van der Waals surface area contributed by atoms with Gasteiger partial charge in [-0.1, -0.05) is 46.6 Å². The molecule has 1 atom stereocenters. The van der Waals surface area contributed by atoms with Crippen LogP contribution in [0.25, 0.3) is 0 Å². The smallest absolute Gasteiger partial charge is 0.228 e. The lowest BCUT2D eigenvalue weighted by molar-refractivity contribution is -0.120. The molecule has 4 heteroatoms. The van der Waals surface area contributed by atoms with Crippen LogP contribution in [0.1, 0.15) is 73.1 Å². The third-order valence-corrected chi connectivity index (χ3v) is 5.65. The highest BCUT2D eigenvalue weighted by Gasteiger charge is 2.37. The summed E-state index contributed by atoms with van der Waals surface area (Å²) < 4.78 is 0. The number of ketones is 2. The topological polar surface area (TPSA) is 74.6 Å². The van der Waals surface area contributed by atoms with Crippen molar-refractivity contribution >= 4 is 11.6 Å². The lowest BCUT2D eigenvalue weighted by Crippen LogP contribution is -2.27. The first-order valence-electron chi connectivity index (χ1n) is 10.7. The molecule has 3 rings (SSSR count). The number of aliphatic hydroxyl groups is 2. The minimum atomic E-state index is -0.653. The van der Waals surface area contributed by atoms with E-state index >= 15 is 0 Å². The Balaban J connectivity index is 2.55. The molecule has 3 aliphatic carbocycles. The first kappa shape index (κ1) is 23.7. The molecule has 3 aliphatic rings. The van der Waals surface area contributed by atoms with Gasteiger partial charge in [0.25, 0.3) is 0 Å². The fourth-order valence-electron chi connectivity index (χ4n) is 3.93. The van der Waals surface area contributed by atoms with Gasteiger partial charge in [-0.05, 0) is 73.1 Å². The average Bonchev–Trinajstić information content (AvgIpc) is 2.65. The minimum absolute atomic E-state index is 0.00343. The Kier molecular flexibility index (Phi) is 8.22. The van der Waals surface area contributed by atoms with Crippen molar-refractivity contribution in [1.29, 1.82) is 0 Å². The van der Waals surface area contributed by atoms with Gasteiger partial charge in [-0.25, -0.2) is 0 Å². The Morgan fingerprint density at radius 3 is 2.03 bits per heavy atom. The zero-order valence-electron chi connectivity index (χ0n) is 18.8. The van der Waals surface area contributed by atoms with Crippen molar-refractivity contribution in [3.8, 4) is 0 Å². The summed E-state index contributed by atoms with van der Waals surface area (Å²) in [6.07, 6.45) is 12.4. The minimum Gasteiger partial charge on any atom is -0.504 e. The summed E-state index contributed by atoms with van der Waals surface area (Å²) in [6.45, 7) is 9.95. The molecule has 0 unspecified atom stereocenters. The lowest BCUT2D eigenvalue weighted by Gasteiger charge is -2.23. The number of carbonyl (C=O) groups excluding carboxylic acids is 2. The van der Waals surface area contributed by atoms with Crippen molar-refractivity contribution in [2.24, 2.45) is 5.92 Å². The molecule has 0 saturated carbocycles. The van der Waals surface area contributed by atoms with Crippen LogP contribution in [0.4, 0.5) is 0 Å². The van der Waals surface area contributed by atoms with E-state index in [-0.39, 0.29) is 17.6 Å². The van der Waals surface area contributed by atoms with E-state index in [4.69, 9.17) is 0 Å². The second-order valence-corrected chi connectivity index (χ2v) is 8.74. The van der Waals surface area contributed by atoms with Crippen molar-refractivity contribution in [2.75, 3.05) is 0 Å². The van der Waals surface area contributed by atoms with Gasteiger partial charge in [0.2, 0.25) is 11.6 Å². The monoisotopic (exact) mass is 410 g/mol. The summed E-state index contributed by atoms with van der Waals surface area (Å²) in [5, 5.41) is 21.2. The zero-order valence-corrected chi connectivity index (χ0v) is 18.8. The van der Waals surface area contributed by atoms with Crippen LogP contribution >= 0.6 is 0 Å². The standard InChI is InChI=1S/C26H34O4/c1-16(2)14-20-15-19(5)11-7-9-17(3)8-6-10-18(4)12-13-21-23(27)25(29)22(20)26(30)24(21)28/h8,11-12,14,20,27,30H,6-7,9-10,13,15H2,1-5H3/b17-8+,18-12+,19-11+/t20-/m1/s1. The van der Waals surface area contributed by atoms with Gasteiger partial charge in [0, 0.05) is 5.92 Å². The van der Waals surface area contributed by atoms with E-state index in [1.807, 2.05) is 39.8 Å². The van der Waals surface area contributed by atoms with Crippen LogP contribution in [0, 0.1) is 5.92 Å². The van der Waals surface area contributed by atoms with Crippen LogP contribution in [0.15, 0.2) is 69.3 Å². The fraction of sp³-hybridized carbons (Fsp3) is 0.462. The number of fused-ring (bicyclic) bond motifs is 11. The summed E-state index contributed by atoms with van der Waals surface area (Å²) in [4.78, 5) is 25.8. The summed E-state index contributed by atoms with van der Waals surface area (Å²) in [7, 11) is 0. The predicted octanol–water partition coefficient (Wildman–Crippen LogP) is 6.54. The molecule has 2 bridgehead atoms. The molecule has 0 fully saturated rings. The van der Waals surface area contributed by atoms with Gasteiger partial charge in [-0.2, -0.15) is 0 Å². The number of hydrogen-bond acceptors (Lipinski definition) is 4. The number of aliphatic hydroxyl groups excluding tert-OH is 2. The molecule has 0 saturated heterocycles. The molecule has 0 aromatic carbocycles. The van der Waals surface area contributed by atoms with E-state index in [9.17, 15) is 19.8 Å². The third-order valence-electron chi connectivity index (χ3n) is 5.65. The second-order valence-electron chi connectivity index (χ2n) is 8.74. The van der Waals surface area contributed by atoms with Crippen LogP contribution in [0.3, 0.4) is 0 Å². The summed E-state index contributed by atoms with van der Waals surface area (Å²) in [6, 6.07) is 0. The third kappa shape index (κ3) is 5.94. The number of Topliss-reactive ketones (excluding diaryl/α,β-unsaturated/α-hetero) is 2. The normalized spacial score (nSPS) is 27.6. The van der Waals surface area contributed by atoms with Crippen LogP contribution in [0.5, 0.6) is 0 Å². The van der Waals surface area contributed by atoms with Crippen molar-refractivity contribution in [2.45, 2.75) is 73.1 Å². The summed E-state index contributed by atoms with van der Waals surface area (Å²) >= 11 is 0. The van der Waals surface area contributed by atoms with E-state index in [2.05, 4.69) is 19.1 Å². The molecule has 4 nitrogen and oxygen atoms in total. The fourth-order valence-corrected chi connectivity index (χ4v) is 3.93. The molecule has 0 radical (unpaired) electrons. The van der Waals surface area contributed by atoms with Crippen LogP contribution in [-0.4, -0.2) is 21.8 Å². The molecule has 162 valence electrons. The molecule has 0 aliphatic heterocycles. The van der Waals surface area contributed by atoms with Crippen molar-refractivity contribution in [3.63, 3.8) is 0 Å². The van der Waals surface area contributed by atoms with Gasteiger partial charge in [-0.15, -0.1) is 0 Å². The molecule has 0 aromatic rings. The molecule has 0 amide bonds. The maximum absolute atomic E-state index is 13.0. The number of hydrogen-bond donors (Lipinski definition) is 2.